The summed E-state index contributed by atoms with van der Waals surface area (Å²) < 4.78 is 5.92. The van der Waals surface area contributed by atoms with Crippen molar-refractivity contribution in [3.63, 3.8) is 0 Å². The summed E-state index contributed by atoms with van der Waals surface area (Å²) in [4.78, 5) is 26.1. The Kier molecular flexibility index (Phi) is 47.1. The standard InChI is InChI=1S/C55H101NO5/c1-4-7-10-13-16-19-22-25-26-27-30-33-36-39-42-45-48-55(60)61-51(46-43-40-37-34-31-28-23-20-17-14-11-8-5-2)49-54(59)56-52(50-57)53(58)47-44-41-38-35-32-29-24-21-18-15-12-9-6-3/h8,11,14,17,20,23,28,31,51-53,57-58H,4-7,9-10,12-13,15-16,18-19,21-22,24-27,29-30,32-50H2,1-3H3,(H,56,59)/b11-8+,17-14+,23-20+,31-28-. The van der Waals surface area contributed by atoms with E-state index in [1.54, 1.807) is 0 Å². The first-order valence-corrected chi connectivity index (χ1v) is 26.4. The molecule has 6 heteroatoms. The molecule has 0 saturated heterocycles. The molecule has 3 atom stereocenters. The molecular formula is C55H101NO5. The lowest BCUT2D eigenvalue weighted by molar-refractivity contribution is -0.151. The van der Waals surface area contributed by atoms with Crippen molar-refractivity contribution in [2.24, 2.45) is 0 Å². The van der Waals surface area contributed by atoms with Crippen LogP contribution in [0.15, 0.2) is 48.6 Å². The number of allylic oxidation sites excluding steroid dienone is 8. The highest BCUT2D eigenvalue weighted by Gasteiger charge is 2.24. The monoisotopic (exact) mass is 856 g/mol. The van der Waals surface area contributed by atoms with Gasteiger partial charge < -0.3 is 20.3 Å². The highest BCUT2D eigenvalue weighted by atomic mass is 16.5. The van der Waals surface area contributed by atoms with Gasteiger partial charge in [-0.05, 0) is 44.9 Å². The number of hydrogen-bond acceptors (Lipinski definition) is 5. The molecule has 0 saturated carbocycles. The number of carbonyl (C=O) groups excluding carboxylic acids is 2. The van der Waals surface area contributed by atoms with E-state index in [0.717, 1.165) is 70.6 Å². The topological polar surface area (TPSA) is 95.9 Å². The molecule has 61 heavy (non-hydrogen) atoms. The summed E-state index contributed by atoms with van der Waals surface area (Å²) in [5, 5.41) is 23.8. The molecule has 0 spiro atoms. The number of aliphatic hydroxyl groups is 2. The van der Waals surface area contributed by atoms with Crippen LogP contribution >= 0.6 is 0 Å². The number of aliphatic hydroxyl groups excluding tert-OH is 2. The Balaban J connectivity index is 4.58. The van der Waals surface area contributed by atoms with Crippen LogP contribution in [0.3, 0.4) is 0 Å². The van der Waals surface area contributed by atoms with Gasteiger partial charge in [0.1, 0.15) is 6.10 Å². The van der Waals surface area contributed by atoms with E-state index in [9.17, 15) is 19.8 Å². The van der Waals surface area contributed by atoms with Gasteiger partial charge >= 0.3 is 5.97 Å². The van der Waals surface area contributed by atoms with Gasteiger partial charge in [0, 0.05) is 6.42 Å². The lowest BCUT2D eigenvalue weighted by Gasteiger charge is -2.24. The molecule has 0 aromatic carbocycles. The highest BCUT2D eigenvalue weighted by Crippen LogP contribution is 2.18. The van der Waals surface area contributed by atoms with Crippen molar-refractivity contribution in [1.82, 2.24) is 5.32 Å². The van der Waals surface area contributed by atoms with Crippen molar-refractivity contribution in [2.75, 3.05) is 6.61 Å². The first-order valence-electron chi connectivity index (χ1n) is 26.4. The van der Waals surface area contributed by atoms with Crippen LogP contribution in [0, 0.1) is 0 Å². The molecule has 0 aliphatic heterocycles. The average molecular weight is 856 g/mol. The van der Waals surface area contributed by atoms with Gasteiger partial charge in [0.05, 0.1) is 25.2 Å². The number of rotatable bonds is 47. The number of esters is 1. The zero-order chi connectivity index (χ0) is 44.5. The van der Waals surface area contributed by atoms with Crippen LogP contribution in [0.2, 0.25) is 0 Å². The van der Waals surface area contributed by atoms with Crippen molar-refractivity contribution in [3.05, 3.63) is 48.6 Å². The van der Waals surface area contributed by atoms with Gasteiger partial charge in [-0.2, -0.15) is 0 Å². The van der Waals surface area contributed by atoms with E-state index >= 15 is 0 Å². The van der Waals surface area contributed by atoms with Crippen molar-refractivity contribution in [3.8, 4) is 0 Å². The second-order valence-electron chi connectivity index (χ2n) is 18.0. The smallest absolute Gasteiger partial charge is 0.306 e. The van der Waals surface area contributed by atoms with E-state index in [4.69, 9.17) is 4.74 Å². The zero-order valence-corrected chi connectivity index (χ0v) is 40.5. The van der Waals surface area contributed by atoms with Crippen LogP contribution in [0.4, 0.5) is 0 Å². The SMILES string of the molecule is CC/C=C/C=C/C=C/C=C\CCCCCC(CC(=O)NC(CO)C(O)CCCCCCCCCCCCCCC)OC(=O)CCCCCCCCCCCCCCCCCC. The molecule has 3 unspecified atom stereocenters. The molecule has 0 aromatic heterocycles. The Labute approximate surface area is 378 Å². The maximum Gasteiger partial charge on any atom is 0.306 e. The fraction of sp³-hybridized carbons (Fsp3) is 0.818. The van der Waals surface area contributed by atoms with Crippen molar-refractivity contribution >= 4 is 11.9 Å². The van der Waals surface area contributed by atoms with E-state index in [1.165, 1.54) is 148 Å². The van der Waals surface area contributed by atoms with Gasteiger partial charge in [-0.15, -0.1) is 0 Å². The number of unbranched alkanes of at least 4 members (excludes halogenated alkanes) is 30. The summed E-state index contributed by atoms with van der Waals surface area (Å²) in [5.74, 6) is -0.504. The Morgan fingerprint density at radius 2 is 0.885 bits per heavy atom. The van der Waals surface area contributed by atoms with Crippen LogP contribution < -0.4 is 5.32 Å². The van der Waals surface area contributed by atoms with Gasteiger partial charge in [-0.3, -0.25) is 9.59 Å². The molecule has 0 fully saturated rings. The normalized spacial score (nSPS) is 13.6. The minimum absolute atomic E-state index is 0.0539. The maximum absolute atomic E-state index is 13.2. The summed E-state index contributed by atoms with van der Waals surface area (Å²) in [6.45, 7) is 6.35. The first-order chi connectivity index (χ1) is 30.0. The van der Waals surface area contributed by atoms with E-state index in [1.807, 2.05) is 24.3 Å². The van der Waals surface area contributed by atoms with E-state index < -0.39 is 18.2 Å². The number of nitrogens with one attached hydrogen (secondary N) is 1. The Morgan fingerprint density at radius 1 is 0.492 bits per heavy atom. The number of carbonyl (C=O) groups is 2. The predicted octanol–water partition coefficient (Wildman–Crippen LogP) is 15.8. The molecule has 356 valence electrons. The van der Waals surface area contributed by atoms with Crippen LogP contribution in [0.5, 0.6) is 0 Å². The third-order valence-electron chi connectivity index (χ3n) is 12.0. The fourth-order valence-electron chi connectivity index (χ4n) is 8.03. The quantitative estimate of drug-likeness (QED) is 0.0322. The van der Waals surface area contributed by atoms with Crippen LogP contribution in [-0.4, -0.2) is 46.9 Å². The fourth-order valence-corrected chi connectivity index (χ4v) is 8.03. The predicted molar refractivity (Wildman–Crippen MR) is 264 cm³/mol. The molecule has 0 aromatic rings. The highest BCUT2D eigenvalue weighted by molar-refractivity contribution is 5.77. The molecule has 0 aliphatic rings. The molecule has 6 nitrogen and oxygen atoms in total. The summed E-state index contributed by atoms with van der Waals surface area (Å²) in [6.07, 6.45) is 58.9. The third-order valence-corrected chi connectivity index (χ3v) is 12.0. The summed E-state index contributed by atoms with van der Waals surface area (Å²) in [6, 6.07) is -0.713. The second kappa shape index (κ2) is 48.8. The molecule has 0 aliphatic carbocycles. The van der Waals surface area contributed by atoms with Gasteiger partial charge in [0.25, 0.3) is 0 Å². The van der Waals surface area contributed by atoms with Gasteiger partial charge in [0.2, 0.25) is 5.91 Å². The molecule has 3 N–H and O–H groups in total. The van der Waals surface area contributed by atoms with Crippen LogP contribution in [0.25, 0.3) is 0 Å². The van der Waals surface area contributed by atoms with Crippen LogP contribution in [0.1, 0.15) is 265 Å². The molecule has 0 heterocycles. The molecule has 0 radical (unpaired) electrons. The summed E-state index contributed by atoms with van der Waals surface area (Å²) >= 11 is 0. The van der Waals surface area contributed by atoms with Crippen LogP contribution in [-0.2, 0) is 14.3 Å². The van der Waals surface area contributed by atoms with E-state index in [0.29, 0.717) is 19.3 Å². The van der Waals surface area contributed by atoms with E-state index in [2.05, 4.69) is 50.4 Å². The summed E-state index contributed by atoms with van der Waals surface area (Å²) in [7, 11) is 0. The molecule has 0 bridgehead atoms. The van der Waals surface area contributed by atoms with Gasteiger partial charge in [0.15, 0.2) is 0 Å². The number of amides is 1. The zero-order valence-electron chi connectivity index (χ0n) is 40.5. The third kappa shape index (κ3) is 44.2. The lowest BCUT2D eigenvalue weighted by Crippen LogP contribution is -2.46. The summed E-state index contributed by atoms with van der Waals surface area (Å²) in [5.41, 5.74) is 0. The second-order valence-corrected chi connectivity index (χ2v) is 18.0. The minimum atomic E-state index is -0.797. The van der Waals surface area contributed by atoms with Gasteiger partial charge in [-0.25, -0.2) is 0 Å². The minimum Gasteiger partial charge on any atom is -0.462 e. The van der Waals surface area contributed by atoms with Gasteiger partial charge in [-0.1, -0.05) is 256 Å². The van der Waals surface area contributed by atoms with Crippen molar-refractivity contribution in [2.45, 2.75) is 283 Å². The first kappa shape index (κ1) is 58.8. The molecule has 0 rings (SSSR count). The number of ether oxygens (including phenoxy) is 1. The Hall–Kier alpha value is -2.18. The largest absolute Gasteiger partial charge is 0.462 e. The van der Waals surface area contributed by atoms with E-state index in [-0.39, 0.29) is 24.9 Å². The van der Waals surface area contributed by atoms with Crippen molar-refractivity contribution in [1.29, 1.82) is 0 Å². The van der Waals surface area contributed by atoms with Crippen molar-refractivity contribution < 1.29 is 24.5 Å². The lowest BCUT2D eigenvalue weighted by atomic mass is 10.0. The molecule has 1 amide bonds. The molecular weight excluding hydrogens is 755 g/mol. The Bertz CT molecular complexity index is 1050. The average Bonchev–Trinajstić information content (AvgIpc) is 3.25. The maximum atomic E-state index is 13.2. The number of hydrogen-bond donors (Lipinski definition) is 3. The Morgan fingerprint density at radius 3 is 1.34 bits per heavy atom.